The summed E-state index contributed by atoms with van der Waals surface area (Å²) in [5, 5.41) is 0. The number of halogens is 5. The number of amides is 3. The summed E-state index contributed by atoms with van der Waals surface area (Å²) in [5.74, 6) is -1.53. The quantitative estimate of drug-likeness (QED) is 0.443. The van der Waals surface area contributed by atoms with Gasteiger partial charge in [0.15, 0.2) is 5.50 Å². The van der Waals surface area contributed by atoms with Gasteiger partial charge in [-0.3, -0.25) is 9.69 Å². The van der Waals surface area contributed by atoms with Crippen molar-refractivity contribution in [3.63, 3.8) is 0 Å². The normalized spacial score (nSPS) is 19.3. The predicted molar refractivity (Wildman–Crippen MR) is 84.4 cm³/mol. The molecule has 1 atom stereocenters. The van der Waals surface area contributed by atoms with Crippen LogP contribution in [-0.4, -0.2) is 39.0 Å². The van der Waals surface area contributed by atoms with E-state index in [9.17, 15) is 14.0 Å². The Morgan fingerprint density at radius 1 is 1.18 bits per heavy atom. The molecule has 0 radical (unpaired) electrons. The van der Waals surface area contributed by atoms with E-state index in [1.807, 2.05) is 0 Å². The van der Waals surface area contributed by atoms with Crippen LogP contribution >= 0.6 is 46.4 Å². The number of nitrogens with zero attached hydrogens (tertiary/aromatic N) is 3. The van der Waals surface area contributed by atoms with Gasteiger partial charge in [-0.05, 0) is 24.3 Å². The Morgan fingerprint density at radius 2 is 1.73 bits per heavy atom. The van der Waals surface area contributed by atoms with Gasteiger partial charge in [-0.25, -0.2) is 19.1 Å². The zero-order chi connectivity index (χ0) is 16.7. The van der Waals surface area contributed by atoms with E-state index in [1.54, 1.807) is 0 Å². The van der Waals surface area contributed by atoms with Gasteiger partial charge >= 0.3 is 11.9 Å². The van der Waals surface area contributed by atoms with Gasteiger partial charge in [0.2, 0.25) is 9.63 Å². The number of hydrogen-bond acceptors (Lipinski definition) is 3. The summed E-state index contributed by atoms with van der Waals surface area (Å²) in [6.45, 7) is 0. The van der Waals surface area contributed by atoms with Crippen molar-refractivity contribution >= 4 is 69.9 Å². The van der Waals surface area contributed by atoms with Crippen molar-refractivity contribution in [2.75, 3.05) is 11.9 Å². The van der Waals surface area contributed by atoms with Crippen LogP contribution in [-0.2, 0) is 4.79 Å². The molecule has 2 rings (SSSR count). The molecule has 118 valence electrons. The Morgan fingerprint density at radius 3 is 2.23 bits per heavy atom. The van der Waals surface area contributed by atoms with Gasteiger partial charge in [-0.2, -0.15) is 0 Å². The van der Waals surface area contributed by atoms with Gasteiger partial charge in [-0.15, -0.1) is 0 Å². The van der Waals surface area contributed by atoms with Gasteiger partial charge < -0.3 is 0 Å². The number of urea groups is 1. The standard InChI is InChI=1S/C12H8Cl4FN3O2/c1-19-8(18-10(13)12(14,15)16)9(21)20(11(19)22)7-4-2-6(17)3-5-7/h2-5,10H,1H3. The van der Waals surface area contributed by atoms with E-state index in [4.69, 9.17) is 46.4 Å². The topological polar surface area (TPSA) is 53.0 Å². The molecule has 1 aliphatic rings. The minimum absolute atomic E-state index is 0.188. The molecule has 1 aliphatic heterocycles. The Balaban J connectivity index is 2.38. The molecule has 0 saturated carbocycles. The average Bonchev–Trinajstić information content (AvgIpc) is 2.63. The van der Waals surface area contributed by atoms with Crippen molar-refractivity contribution in [3.05, 3.63) is 30.1 Å². The second kappa shape index (κ2) is 6.20. The van der Waals surface area contributed by atoms with Crippen LogP contribution in [0.4, 0.5) is 14.9 Å². The fraction of sp³-hybridized carbons (Fsp3) is 0.250. The Bertz CT molecular complexity index is 645. The first kappa shape index (κ1) is 17.3. The molecule has 10 heteroatoms. The third-order valence-electron chi connectivity index (χ3n) is 2.78. The lowest BCUT2D eigenvalue weighted by molar-refractivity contribution is -0.111. The summed E-state index contributed by atoms with van der Waals surface area (Å²) in [7, 11) is 1.32. The number of alkyl halides is 4. The molecule has 0 spiro atoms. The lowest BCUT2D eigenvalue weighted by atomic mass is 10.3. The zero-order valence-corrected chi connectivity index (χ0v) is 14.0. The minimum Gasteiger partial charge on any atom is -0.276 e. The maximum absolute atomic E-state index is 12.9. The van der Waals surface area contributed by atoms with Crippen molar-refractivity contribution in [1.82, 2.24) is 4.90 Å². The number of carbonyl (C=O) groups is 2. The SMILES string of the molecule is CN1C(=O)N(c2ccc(F)cc2)C(=O)C1=NC(Cl)C(Cl)(Cl)Cl. The Hall–Kier alpha value is -1.08. The van der Waals surface area contributed by atoms with E-state index < -0.39 is 27.0 Å². The maximum atomic E-state index is 12.9. The van der Waals surface area contributed by atoms with Gasteiger partial charge in [0.1, 0.15) is 5.82 Å². The van der Waals surface area contributed by atoms with Gasteiger partial charge in [0.05, 0.1) is 5.69 Å². The molecule has 1 saturated heterocycles. The molecule has 0 aromatic heterocycles. The summed E-state index contributed by atoms with van der Waals surface area (Å²) >= 11 is 22.5. The summed E-state index contributed by atoms with van der Waals surface area (Å²) in [4.78, 5) is 30.1. The van der Waals surface area contributed by atoms with E-state index in [1.165, 1.54) is 19.2 Å². The molecule has 1 aromatic rings. The van der Waals surface area contributed by atoms with Crippen LogP contribution in [0.5, 0.6) is 0 Å². The van der Waals surface area contributed by atoms with Crippen LogP contribution in [0, 0.1) is 5.82 Å². The van der Waals surface area contributed by atoms with Crippen molar-refractivity contribution in [2.24, 2.45) is 4.99 Å². The smallest absolute Gasteiger partial charge is 0.276 e. The largest absolute Gasteiger partial charge is 0.337 e. The number of amidine groups is 1. The highest BCUT2D eigenvalue weighted by atomic mass is 35.6. The highest BCUT2D eigenvalue weighted by Gasteiger charge is 2.43. The third kappa shape index (κ3) is 3.30. The van der Waals surface area contributed by atoms with Crippen LogP contribution in [0.25, 0.3) is 0 Å². The fourth-order valence-electron chi connectivity index (χ4n) is 1.71. The summed E-state index contributed by atoms with van der Waals surface area (Å²) < 4.78 is 11.0. The molecule has 3 amide bonds. The molecule has 22 heavy (non-hydrogen) atoms. The molecule has 1 unspecified atom stereocenters. The van der Waals surface area contributed by atoms with Gasteiger partial charge in [-0.1, -0.05) is 46.4 Å². The molecular weight excluding hydrogens is 379 g/mol. The second-order valence-corrected chi connectivity index (χ2v) is 7.07. The number of anilines is 1. The molecule has 0 N–H and O–H groups in total. The van der Waals surface area contributed by atoms with Gasteiger partial charge in [0.25, 0.3) is 0 Å². The maximum Gasteiger partial charge on any atom is 0.337 e. The van der Waals surface area contributed by atoms with Crippen molar-refractivity contribution in [1.29, 1.82) is 0 Å². The van der Waals surface area contributed by atoms with Crippen LogP contribution in [0.2, 0.25) is 0 Å². The molecule has 1 heterocycles. The summed E-state index contributed by atoms with van der Waals surface area (Å²) in [6, 6.07) is 4.14. The average molecular weight is 387 g/mol. The molecule has 0 aliphatic carbocycles. The van der Waals surface area contributed by atoms with Crippen LogP contribution in [0.15, 0.2) is 29.3 Å². The summed E-state index contributed by atoms with van der Waals surface area (Å²) in [6.07, 6.45) is 0. The Labute approximate surface area is 145 Å². The number of imide groups is 1. The number of rotatable bonds is 2. The molecule has 1 fully saturated rings. The fourth-order valence-corrected chi connectivity index (χ4v) is 1.95. The van der Waals surface area contributed by atoms with Gasteiger partial charge in [0, 0.05) is 7.05 Å². The van der Waals surface area contributed by atoms with E-state index in [0.29, 0.717) is 0 Å². The van der Waals surface area contributed by atoms with E-state index >= 15 is 0 Å². The van der Waals surface area contributed by atoms with Crippen LogP contribution in [0.3, 0.4) is 0 Å². The predicted octanol–water partition coefficient (Wildman–Crippen LogP) is 3.56. The zero-order valence-electron chi connectivity index (χ0n) is 10.9. The highest BCUT2D eigenvalue weighted by molar-refractivity contribution is 6.70. The van der Waals surface area contributed by atoms with Crippen LogP contribution in [0.1, 0.15) is 0 Å². The van der Waals surface area contributed by atoms with E-state index in [0.717, 1.165) is 21.9 Å². The highest BCUT2D eigenvalue weighted by Crippen LogP contribution is 2.35. The van der Waals surface area contributed by atoms with Crippen LogP contribution < -0.4 is 4.90 Å². The first-order chi connectivity index (χ1) is 10.1. The van der Waals surface area contributed by atoms with Crippen molar-refractivity contribution in [2.45, 2.75) is 9.29 Å². The monoisotopic (exact) mass is 385 g/mol. The number of likely N-dealkylation sites (N-methyl/N-ethyl adjacent to an activating group) is 1. The second-order valence-electron chi connectivity index (χ2n) is 4.29. The van der Waals surface area contributed by atoms with E-state index in [2.05, 4.69) is 4.99 Å². The molecule has 1 aromatic carbocycles. The first-order valence-electron chi connectivity index (χ1n) is 5.79. The lowest BCUT2D eigenvalue weighted by Crippen LogP contribution is -2.31. The number of carbonyl (C=O) groups excluding carboxylic acids is 2. The number of aliphatic imine (C=N–C) groups is 1. The molecule has 5 nitrogen and oxygen atoms in total. The minimum atomic E-state index is -1.94. The molecule has 0 bridgehead atoms. The first-order valence-corrected chi connectivity index (χ1v) is 7.36. The summed E-state index contributed by atoms with van der Waals surface area (Å²) in [5.41, 5.74) is -1.17. The number of hydrogen-bond donors (Lipinski definition) is 0. The third-order valence-corrected chi connectivity index (χ3v) is 4.16. The number of benzene rings is 1. The van der Waals surface area contributed by atoms with E-state index in [-0.39, 0.29) is 11.5 Å². The van der Waals surface area contributed by atoms with Crippen molar-refractivity contribution < 1.29 is 14.0 Å². The van der Waals surface area contributed by atoms with Crippen molar-refractivity contribution in [3.8, 4) is 0 Å². The Kier molecular flexibility index (Phi) is 4.87. The molecular formula is C12H8Cl4FN3O2. The lowest BCUT2D eigenvalue weighted by Gasteiger charge is -2.15.